The normalized spacial score (nSPS) is 13.7. The number of aryl methyl sites for hydroxylation is 1. The Morgan fingerprint density at radius 2 is 1.94 bits per heavy atom. The Morgan fingerprint density at radius 1 is 1.11 bits per heavy atom. The Bertz CT molecular complexity index is 1400. The summed E-state index contributed by atoms with van der Waals surface area (Å²) in [4.78, 5) is 24.8. The van der Waals surface area contributed by atoms with E-state index in [2.05, 4.69) is 37.9 Å². The molecule has 0 aliphatic carbocycles. The minimum absolute atomic E-state index is 0.0295. The largest absolute Gasteiger partial charge is 0.436 e. The molecule has 0 unspecified atom stereocenters. The number of hydrogen-bond acceptors (Lipinski definition) is 7. The highest BCUT2D eigenvalue weighted by molar-refractivity contribution is 6.32. The van der Waals surface area contributed by atoms with Crippen molar-refractivity contribution in [2.24, 2.45) is 7.05 Å². The molecule has 3 heterocycles. The molecule has 5 rings (SSSR count). The Morgan fingerprint density at radius 3 is 2.66 bits per heavy atom. The van der Waals surface area contributed by atoms with E-state index in [1.807, 2.05) is 30.1 Å². The number of aromatic nitrogens is 4. The van der Waals surface area contributed by atoms with Crippen LogP contribution in [0.3, 0.4) is 0 Å². The van der Waals surface area contributed by atoms with Gasteiger partial charge in [-0.3, -0.25) is 9.48 Å². The number of anilines is 3. The maximum absolute atomic E-state index is 11.9. The smallest absolute Gasteiger partial charge is 0.246 e. The third-order valence-corrected chi connectivity index (χ3v) is 6.14. The molecule has 4 aromatic rings. The minimum atomic E-state index is -0.0295. The number of fused-ring (bicyclic) bond motifs is 1. The highest BCUT2D eigenvalue weighted by atomic mass is 35.5. The molecule has 1 fully saturated rings. The van der Waals surface area contributed by atoms with Crippen LogP contribution in [-0.2, 0) is 11.8 Å². The number of hydrogen-bond donors (Lipinski definition) is 1. The van der Waals surface area contributed by atoms with Crippen molar-refractivity contribution in [3.05, 3.63) is 72.7 Å². The lowest BCUT2D eigenvalue weighted by atomic mass is 10.1. The number of carbonyl (C=O) groups is 1. The zero-order valence-corrected chi connectivity index (χ0v) is 19.9. The van der Waals surface area contributed by atoms with Crippen LogP contribution >= 0.6 is 11.6 Å². The van der Waals surface area contributed by atoms with Crippen molar-refractivity contribution >= 4 is 45.6 Å². The zero-order chi connectivity index (χ0) is 24.4. The maximum Gasteiger partial charge on any atom is 0.246 e. The van der Waals surface area contributed by atoms with Gasteiger partial charge in [-0.2, -0.15) is 0 Å². The molecule has 0 bridgehead atoms. The minimum Gasteiger partial charge on any atom is -0.436 e. The molecule has 2 aromatic carbocycles. The molecular weight excluding hydrogens is 466 g/mol. The highest BCUT2D eigenvalue weighted by Crippen LogP contribution is 2.33. The number of benzene rings is 2. The standard InChI is InChI=1S/C25H24ClN7O2/c1-3-24(34)33-12-10-32(11-13-33)18-5-6-21-19(15-18)25(28-16-27-21)29-17-4-7-22(20(26)14-17)35-23-8-9-31(2)30-23/h3-9,14-16H,1,10-13H2,2H3,(H,27,28,29). The molecule has 2 aromatic heterocycles. The summed E-state index contributed by atoms with van der Waals surface area (Å²) in [5.41, 5.74) is 2.65. The van der Waals surface area contributed by atoms with Crippen LogP contribution in [0.2, 0.25) is 5.02 Å². The summed E-state index contributed by atoms with van der Waals surface area (Å²) in [7, 11) is 1.82. The summed E-state index contributed by atoms with van der Waals surface area (Å²) in [5.74, 6) is 1.63. The Labute approximate surface area is 207 Å². The van der Waals surface area contributed by atoms with E-state index >= 15 is 0 Å². The molecule has 0 radical (unpaired) electrons. The van der Waals surface area contributed by atoms with Gasteiger partial charge in [-0.25, -0.2) is 9.97 Å². The van der Waals surface area contributed by atoms with E-state index < -0.39 is 0 Å². The monoisotopic (exact) mass is 489 g/mol. The van der Waals surface area contributed by atoms with Crippen LogP contribution in [0.25, 0.3) is 10.9 Å². The summed E-state index contributed by atoms with van der Waals surface area (Å²) < 4.78 is 7.43. The fourth-order valence-electron chi connectivity index (χ4n) is 4.01. The lowest BCUT2D eigenvalue weighted by molar-refractivity contribution is -0.126. The van der Waals surface area contributed by atoms with Gasteiger partial charge < -0.3 is 19.9 Å². The first kappa shape index (κ1) is 22.7. The fraction of sp³-hybridized carbons (Fsp3) is 0.200. The number of rotatable bonds is 6. The van der Waals surface area contributed by atoms with Crippen molar-refractivity contribution in [3.63, 3.8) is 0 Å². The van der Waals surface area contributed by atoms with Gasteiger partial charge in [-0.05, 0) is 42.5 Å². The molecule has 1 aliphatic heterocycles. The van der Waals surface area contributed by atoms with Gasteiger partial charge in [-0.1, -0.05) is 18.2 Å². The predicted molar refractivity (Wildman–Crippen MR) is 137 cm³/mol. The van der Waals surface area contributed by atoms with E-state index in [4.69, 9.17) is 16.3 Å². The van der Waals surface area contributed by atoms with Crippen LogP contribution in [0.4, 0.5) is 17.2 Å². The van der Waals surface area contributed by atoms with Crippen LogP contribution in [0, 0.1) is 0 Å². The first-order valence-electron chi connectivity index (χ1n) is 11.2. The molecule has 0 atom stereocenters. The molecule has 10 heteroatoms. The van der Waals surface area contributed by atoms with Crippen molar-refractivity contribution in [3.8, 4) is 11.6 Å². The number of amides is 1. The van der Waals surface area contributed by atoms with E-state index in [1.165, 1.54) is 12.4 Å². The second-order valence-electron chi connectivity index (χ2n) is 8.14. The number of ether oxygens (including phenoxy) is 1. The Hall–Kier alpha value is -4.11. The second kappa shape index (κ2) is 9.63. The molecule has 1 N–H and O–H groups in total. The molecule has 1 amide bonds. The fourth-order valence-corrected chi connectivity index (χ4v) is 4.23. The van der Waals surface area contributed by atoms with Crippen LogP contribution in [0.1, 0.15) is 0 Å². The van der Waals surface area contributed by atoms with Gasteiger partial charge in [0.25, 0.3) is 0 Å². The number of halogens is 1. The summed E-state index contributed by atoms with van der Waals surface area (Å²) in [6, 6.07) is 13.3. The van der Waals surface area contributed by atoms with Crippen LogP contribution in [0.15, 0.2) is 67.6 Å². The topological polar surface area (TPSA) is 88.4 Å². The molecule has 1 saturated heterocycles. The first-order chi connectivity index (χ1) is 17.0. The van der Waals surface area contributed by atoms with Crippen molar-refractivity contribution < 1.29 is 9.53 Å². The third kappa shape index (κ3) is 4.90. The summed E-state index contributed by atoms with van der Waals surface area (Å²) in [6.45, 7) is 6.38. The van der Waals surface area contributed by atoms with Gasteiger partial charge in [0, 0.05) is 62.3 Å². The van der Waals surface area contributed by atoms with Gasteiger partial charge >= 0.3 is 0 Å². The third-order valence-electron chi connectivity index (χ3n) is 5.85. The van der Waals surface area contributed by atoms with Crippen molar-refractivity contribution in [1.82, 2.24) is 24.6 Å². The SMILES string of the molecule is C=CC(=O)N1CCN(c2ccc3ncnc(Nc4ccc(Oc5ccn(C)n5)c(Cl)c4)c3c2)CC1. The number of nitrogens with one attached hydrogen (secondary N) is 1. The summed E-state index contributed by atoms with van der Waals surface area (Å²) in [6.07, 6.45) is 4.70. The highest BCUT2D eigenvalue weighted by Gasteiger charge is 2.20. The number of carbonyl (C=O) groups excluding carboxylic acids is 1. The Balaban J connectivity index is 1.35. The van der Waals surface area contributed by atoms with Crippen molar-refractivity contribution in [2.75, 3.05) is 36.4 Å². The van der Waals surface area contributed by atoms with Crippen LogP contribution in [0.5, 0.6) is 11.6 Å². The van der Waals surface area contributed by atoms with E-state index in [9.17, 15) is 4.79 Å². The quantitative estimate of drug-likeness (QED) is 0.402. The molecule has 0 spiro atoms. The molecular formula is C25H24ClN7O2. The number of piperazine rings is 1. The maximum atomic E-state index is 11.9. The molecule has 178 valence electrons. The van der Waals surface area contributed by atoms with Gasteiger partial charge in [0.1, 0.15) is 17.9 Å². The average molecular weight is 490 g/mol. The van der Waals surface area contributed by atoms with E-state index in [1.54, 1.807) is 29.1 Å². The van der Waals surface area contributed by atoms with Gasteiger partial charge in [0.2, 0.25) is 11.8 Å². The van der Waals surface area contributed by atoms with E-state index in [0.717, 1.165) is 35.4 Å². The number of nitrogens with zero attached hydrogens (tertiary/aromatic N) is 6. The summed E-state index contributed by atoms with van der Waals surface area (Å²) >= 11 is 6.47. The van der Waals surface area contributed by atoms with Crippen LogP contribution < -0.4 is 15.0 Å². The Kier molecular flexibility index (Phi) is 6.24. The van der Waals surface area contributed by atoms with E-state index in [-0.39, 0.29) is 5.91 Å². The average Bonchev–Trinajstić information content (AvgIpc) is 3.29. The molecule has 1 aliphatic rings. The lowest BCUT2D eigenvalue weighted by Gasteiger charge is -2.35. The van der Waals surface area contributed by atoms with E-state index in [0.29, 0.717) is 35.6 Å². The second-order valence-corrected chi connectivity index (χ2v) is 8.55. The molecule has 9 nitrogen and oxygen atoms in total. The first-order valence-corrected chi connectivity index (χ1v) is 11.5. The molecule has 35 heavy (non-hydrogen) atoms. The zero-order valence-electron chi connectivity index (χ0n) is 19.2. The predicted octanol–water partition coefficient (Wildman–Crippen LogP) is 4.39. The van der Waals surface area contributed by atoms with Gasteiger partial charge in [0.15, 0.2) is 0 Å². The molecule has 0 saturated carbocycles. The van der Waals surface area contributed by atoms with Crippen molar-refractivity contribution in [2.45, 2.75) is 0 Å². The van der Waals surface area contributed by atoms with Crippen LogP contribution in [-0.4, -0.2) is 56.7 Å². The van der Waals surface area contributed by atoms with Gasteiger partial charge in [0.05, 0.1) is 10.5 Å². The van der Waals surface area contributed by atoms with Crippen molar-refractivity contribution in [1.29, 1.82) is 0 Å². The summed E-state index contributed by atoms with van der Waals surface area (Å²) in [5, 5.41) is 8.90. The van der Waals surface area contributed by atoms with Gasteiger partial charge in [-0.15, -0.1) is 5.10 Å². The lowest BCUT2D eigenvalue weighted by Crippen LogP contribution is -2.48.